The lowest BCUT2D eigenvalue weighted by molar-refractivity contribution is -0.133. The molecule has 30 heavy (non-hydrogen) atoms. The maximum Gasteiger partial charge on any atom is 0.257 e. The lowest BCUT2D eigenvalue weighted by atomic mass is 9.93. The molecule has 2 aromatic carbocycles. The number of methoxy groups -OCH3 is 2. The smallest absolute Gasteiger partial charge is 0.257 e. The third kappa shape index (κ3) is 4.58. The van der Waals surface area contributed by atoms with Crippen molar-refractivity contribution in [1.29, 1.82) is 0 Å². The molecule has 1 aliphatic rings. The van der Waals surface area contributed by atoms with Crippen LogP contribution in [0, 0.1) is 6.92 Å². The van der Waals surface area contributed by atoms with Gasteiger partial charge in [-0.1, -0.05) is 37.3 Å². The Hall–Kier alpha value is -3.02. The topological polar surface area (TPSA) is 59.1 Å². The van der Waals surface area contributed by atoms with Gasteiger partial charge in [-0.05, 0) is 36.1 Å². The van der Waals surface area contributed by atoms with Crippen molar-refractivity contribution in [3.05, 3.63) is 59.2 Å². The molecular weight excluding hydrogens is 380 g/mol. The highest BCUT2D eigenvalue weighted by Gasteiger charge is 2.28. The summed E-state index contributed by atoms with van der Waals surface area (Å²) in [6, 6.07) is 13.5. The van der Waals surface area contributed by atoms with Crippen LogP contribution in [0.2, 0.25) is 0 Å². The van der Waals surface area contributed by atoms with Gasteiger partial charge in [-0.3, -0.25) is 9.59 Å². The summed E-state index contributed by atoms with van der Waals surface area (Å²) in [6.07, 6.45) is 0.475. The second kappa shape index (κ2) is 9.65. The molecule has 0 saturated carbocycles. The van der Waals surface area contributed by atoms with Crippen molar-refractivity contribution in [3.63, 3.8) is 0 Å². The quantitative estimate of drug-likeness (QED) is 0.732. The highest BCUT2D eigenvalue weighted by Crippen LogP contribution is 2.31. The Morgan fingerprint density at radius 1 is 0.933 bits per heavy atom. The molecule has 0 spiro atoms. The summed E-state index contributed by atoms with van der Waals surface area (Å²) in [5, 5.41) is 0. The van der Waals surface area contributed by atoms with Crippen LogP contribution in [-0.2, 0) is 4.79 Å². The second-order valence-corrected chi connectivity index (χ2v) is 7.68. The van der Waals surface area contributed by atoms with Crippen LogP contribution in [0.25, 0.3) is 0 Å². The number of hydrogen-bond acceptors (Lipinski definition) is 4. The average molecular weight is 411 g/mol. The minimum Gasteiger partial charge on any atom is -0.493 e. The first-order valence-corrected chi connectivity index (χ1v) is 10.3. The predicted molar refractivity (Wildman–Crippen MR) is 116 cm³/mol. The molecule has 1 saturated heterocycles. The fourth-order valence-electron chi connectivity index (χ4n) is 4.03. The molecule has 0 radical (unpaired) electrons. The molecule has 1 atom stereocenters. The Bertz CT molecular complexity index is 904. The van der Waals surface area contributed by atoms with Gasteiger partial charge in [0.25, 0.3) is 5.91 Å². The van der Waals surface area contributed by atoms with Crippen LogP contribution in [0.3, 0.4) is 0 Å². The van der Waals surface area contributed by atoms with E-state index < -0.39 is 0 Å². The van der Waals surface area contributed by atoms with Gasteiger partial charge in [0.15, 0.2) is 11.5 Å². The number of para-hydroxylation sites is 1. The summed E-state index contributed by atoms with van der Waals surface area (Å²) in [5.41, 5.74) is 2.90. The zero-order chi connectivity index (χ0) is 21.7. The minimum absolute atomic E-state index is 0.105. The predicted octanol–water partition coefficient (Wildman–Crippen LogP) is 3.49. The Labute approximate surface area is 178 Å². The number of amides is 2. The van der Waals surface area contributed by atoms with Gasteiger partial charge in [-0.15, -0.1) is 0 Å². The van der Waals surface area contributed by atoms with Crippen LogP contribution >= 0.6 is 0 Å². The molecule has 0 bridgehead atoms. The van der Waals surface area contributed by atoms with E-state index in [1.807, 2.05) is 17.0 Å². The Morgan fingerprint density at radius 3 is 2.23 bits per heavy atom. The van der Waals surface area contributed by atoms with Crippen molar-refractivity contribution < 1.29 is 19.1 Å². The van der Waals surface area contributed by atoms with Crippen LogP contribution in [0.4, 0.5) is 0 Å². The zero-order valence-electron chi connectivity index (χ0n) is 18.2. The second-order valence-electron chi connectivity index (χ2n) is 7.68. The Morgan fingerprint density at radius 2 is 1.60 bits per heavy atom. The monoisotopic (exact) mass is 410 g/mol. The van der Waals surface area contributed by atoms with E-state index in [1.54, 1.807) is 30.2 Å². The van der Waals surface area contributed by atoms with E-state index in [2.05, 4.69) is 26.0 Å². The molecule has 0 N–H and O–H groups in total. The summed E-state index contributed by atoms with van der Waals surface area (Å²) in [4.78, 5) is 29.5. The van der Waals surface area contributed by atoms with Gasteiger partial charge in [0.05, 0.1) is 19.8 Å². The van der Waals surface area contributed by atoms with Crippen molar-refractivity contribution in [2.75, 3.05) is 40.4 Å². The first-order valence-electron chi connectivity index (χ1n) is 10.3. The number of ether oxygens (including phenoxy) is 2. The van der Waals surface area contributed by atoms with Crippen LogP contribution in [0.1, 0.15) is 40.7 Å². The van der Waals surface area contributed by atoms with E-state index in [1.165, 1.54) is 18.2 Å². The van der Waals surface area contributed by atoms with E-state index >= 15 is 0 Å². The number of piperazine rings is 1. The third-order valence-corrected chi connectivity index (χ3v) is 5.75. The summed E-state index contributed by atoms with van der Waals surface area (Å²) < 4.78 is 10.7. The van der Waals surface area contributed by atoms with Crippen LogP contribution in [0.5, 0.6) is 11.5 Å². The summed E-state index contributed by atoms with van der Waals surface area (Å²) in [6.45, 7) is 6.25. The number of rotatable bonds is 6. The van der Waals surface area contributed by atoms with Gasteiger partial charge in [0.2, 0.25) is 5.91 Å². The van der Waals surface area contributed by atoms with Crippen molar-refractivity contribution >= 4 is 11.8 Å². The van der Waals surface area contributed by atoms with Gasteiger partial charge in [-0.25, -0.2) is 0 Å². The van der Waals surface area contributed by atoms with Gasteiger partial charge < -0.3 is 19.3 Å². The molecule has 1 aliphatic heterocycles. The van der Waals surface area contributed by atoms with E-state index in [4.69, 9.17) is 9.47 Å². The van der Waals surface area contributed by atoms with Crippen molar-refractivity contribution in [1.82, 2.24) is 9.80 Å². The van der Waals surface area contributed by atoms with E-state index in [0.717, 1.165) is 0 Å². The Balaban J connectivity index is 1.60. The first kappa shape index (κ1) is 21.7. The fourth-order valence-corrected chi connectivity index (χ4v) is 4.03. The standard InChI is InChI=1S/C24H30N2O4/c1-17-8-5-6-9-19(17)18(2)16-22(27)25-12-14-26(15-13-25)24(28)20-10-7-11-21(29-3)23(20)30-4/h5-11,18H,12-16H2,1-4H3. The third-order valence-electron chi connectivity index (χ3n) is 5.75. The highest BCUT2D eigenvalue weighted by molar-refractivity contribution is 5.98. The number of hydrogen-bond donors (Lipinski definition) is 0. The number of carbonyl (C=O) groups excluding carboxylic acids is 2. The summed E-state index contributed by atoms with van der Waals surface area (Å²) in [7, 11) is 3.08. The van der Waals surface area contributed by atoms with Gasteiger partial charge >= 0.3 is 0 Å². The zero-order valence-corrected chi connectivity index (χ0v) is 18.2. The van der Waals surface area contributed by atoms with Gasteiger partial charge in [0, 0.05) is 32.6 Å². The highest BCUT2D eigenvalue weighted by atomic mass is 16.5. The summed E-state index contributed by atoms with van der Waals surface area (Å²) >= 11 is 0. The maximum absolute atomic E-state index is 13.0. The van der Waals surface area contributed by atoms with E-state index in [9.17, 15) is 9.59 Å². The van der Waals surface area contributed by atoms with Crippen molar-refractivity contribution in [2.24, 2.45) is 0 Å². The molecule has 1 fully saturated rings. The van der Waals surface area contributed by atoms with E-state index in [-0.39, 0.29) is 17.7 Å². The van der Waals surface area contributed by atoms with E-state index in [0.29, 0.717) is 49.7 Å². The number of carbonyl (C=O) groups is 2. The first-order chi connectivity index (χ1) is 14.5. The lowest BCUT2D eigenvalue weighted by Crippen LogP contribution is -2.50. The number of nitrogens with zero attached hydrogens (tertiary/aromatic N) is 2. The minimum atomic E-state index is -0.105. The molecule has 1 unspecified atom stereocenters. The Kier molecular flexibility index (Phi) is 6.98. The molecule has 3 rings (SSSR count). The van der Waals surface area contributed by atoms with Crippen LogP contribution in [0.15, 0.2) is 42.5 Å². The normalized spacial score (nSPS) is 14.9. The molecular formula is C24H30N2O4. The molecule has 6 heteroatoms. The molecule has 0 aromatic heterocycles. The fraction of sp³-hybridized carbons (Fsp3) is 0.417. The number of benzene rings is 2. The maximum atomic E-state index is 13.0. The van der Waals surface area contributed by atoms with Crippen LogP contribution in [-0.4, -0.2) is 62.0 Å². The van der Waals surface area contributed by atoms with Gasteiger partial charge in [0.1, 0.15) is 0 Å². The average Bonchev–Trinajstić information content (AvgIpc) is 2.78. The molecule has 2 amide bonds. The number of aryl methyl sites for hydroxylation is 1. The van der Waals surface area contributed by atoms with Crippen LogP contribution < -0.4 is 9.47 Å². The molecule has 6 nitrogen and oxygen atoms in total. The molecule has 160 valence electrons. The molecule has 2 aromatic rings. The van der Waals surface area contributed by atoms with Crippen molar-refractivity contribution in [2.45, 2.75) is 26.2 Å². The largest absolute Gasteiger partial charge is 0.493 e. The summed E-state index contributed by atoms with van der Waals surface area (Å²) in [5.74, 6) is 1.17. The van der Waals surface area contributed by atoms with Gasteiger partial charge in [-0.2, -0.15) is 0 Å². The SMILES string of the molecule is COc1cccc(C(=O)N2CCN(C(=O)CC(C)c3ccccc3C)CC2)c1OC. The molecule has 1 heterocycles. The molecule has 0 aliphatic carbocycles. The van der Waals surface area contributed by atoms with Crippen molar-refractivity contribution in [3.8, 4) is 11.5 Å². The lowest BCUT2D eigenvalue weighted by Gasteiger charge is -2.35.